The van der Waals surface area contributed by atoms with Crippen LogP contribution in [0.5, 0.6) is 0 Å². The summed E-state index contributed by atoms with van der Waals surface area (Å²) in [7, 11) is 0. The number of carboxylic acid groups (broad SMARTS) is 1. The minimum absolute atomic E-state index is 0.0284. The van der Waals surface area contributed by atoms with Crippen molar-refractivity contribution in [3.63, 3.8) is 0 Å². The molecule has 0 radical (unpaired) electrons. The van der Waals surface area contributed by atoms with Gasteiger partial charge in [0.2, 0.25) is 0 Å². The molecule has 0 spiro atoms. The molecule has 21 heavy (non-hydrogen) atoms. The fourth-order valence-corrected chi connectivity index (χ4v) is 2.91. The number of aryl methyl sites for hydroxylation is 1. The van der Waals surface area contributed by atoms with Crippen molar-refractivity contribution in [2.45, 2.75) is 6.92 Å². The van der Waals surface area contributed by atoms with Crippen LogP contribution in [0.15, 0.2) is 18.2 Å². The maximum Gasteiger partial charge on any atom is 0.340 e. The third-order valence-electron chi connectivity index (χ3n) is 2.42. The van der Waals surface area contributed by atoms with E-state index in [9.17, 15) is 9.59 Å². The Morgan fingerprint density at radius 1 is 1.19 bits per heavy atom. The highest BCUT2D eigenvalue weighted by molar-refractivity contribution is 7.11. The number of anilines is 2. The summed E-state index contributed by atoms with van der Waals surface area (Å²) >= 11 is 12.5. The number of carbonyl (C=O) groups is 2. The minimum Gasteiger partial charge on any atom is -0.478 e. The lowest BCUT2D eigenvalue weighted by atomic mass is 10.2. The Morgan fingerprint density at radius 2 is 1.81 bits per heavy atom. The zero-order valence-corrected chi connectivity index (χ0v) is 12.9. The SMILES string of the molecule is Cc1nsc(NC(=O)Nc2cc(Cl)cc(Cl)c2)c1C(=O)O. The number of aromatic carboxylic acids is 1. The molecule has 2 rings (SSSR count). The fraction of sp³-hybridized carbons (Fsp3) is 0.0833. The summed E-state index contributed by atoms with van der Waals surface area (Å²) in [5.41, 5.74) is 0.705. The second-order valence-electron chi connectivity index (χ2n) is 4.01. The summed E-state index contributed by atoms with van der Waals surface area (Å²) in [4.78, 5) is 23.0. The summed E-state index contributed by atoms with van der Waals surface area (Å²) in [6, 6.07) is 3.95. The third kappa shape index (κ3) is 3.84. The molecule has 3 N–H and O–H groups in total. The predicted octanol–water partition coefficient (Wildman–Crippen LogP) is 4.10. The van der Waals surface area contributed by atoms with Gasteiger partial charge in [-0.25, -0.2) is 9.59 Å². The van der Waals surface area contributed by atoms with E-state index in [1.54, 1.807) is 6.92 Å². The summed E-state index contributed by atoms with van der Waals surface area (Å²) < 4.78 is 3.90. The quantitative estimate of drug-likeness (QED) is 0.780. The Bertz CT molecular complexity index is 698. The van der Waals surface area contributed by atoms with Gasteiger partial charge in [0.1, 0.15) is 10.6 Å². The zero-order chi connectivity index (χ0) is 15.6. The van der Waals surface area contributed by atoms with Crippen LogP contribution in [0, 0.1) is 6.92 Å². The van der Waals surface area contributed by atoms with Gasteiger partial charge in [0, 0.05) is 15.7 Å². The number of halogens is 2. The first-order valence-electron chi connectivity index (χ1n) is 5.60. The van der Waals surface area contributed by atoms with Crippen LogP contribution in [0.3, 0.4) is 0 Å². The Labute approximate surface area is 133 Å². The molecule has 1 heterocycles. The number of nitrogens with one attached hydrogen (secondary N) is 2. The van der Waals surface area contributed by atoms with Crippen molar-refractivity contribution in [2.75, 3.05) is 10.6 Å². The Kier molecular flexibility index (Phi) is 4.66. The summed E-state index contributed by atoms with van der Waals surface area (Å²) in [5, 5.41) is 14.9. The molecular weight excluding hydrogens is 337 g/mol. The summed E-state index contributed by atoms with van der Waals surface area (Å²) in [6.45, 7) is 1.56. The number of hydrogen-bond donors (Lipinski definition) is 3. The van der Waals surface area contributed by atoms with Gasteiger partial charge in [0.25, 0.3) is 0 Å². The molecule has 0 aliphatic heterocycles. The molecule has 0 saturated heterocycles. The first-order chi connectivity index (χ1) is 9.86. The van der Waals surface area contributed by atoms with Gasteiger partial charge in [0.05, 0.1) is 5.69 Å². The molecule has 0 bridgehead atoms. The molecule has 1 aromatic heterocycles. The van der Waals surface area contributed by atoms with Gasteiger partial charge in [-0.05, 0) is 36.7 Å². The first-order valence-corrected chi connectivity index (χ1v) is 7.13. The van der Waals surface area contributed by atoms with Gasteiger partial charge in [-0.2, -0.15) is 4.37 Å². The van der Waals surface area contributed by atoms with E-state index >= 15 is 0 Å². The van der Waals surface area contributed by atoms with E-state index in [1.165, 1.54) is 18.2 Å². The average molecular weight is 346 g/mol. The van der Waals surface area contributed by atoms with Crippen LogP contribution in [0.2, 0.25) is 10.0 Å². The van der Waals surface area contributed by atoms with Crippen molar-refractivity contribution in [1.29, 1.82) is 0 Å². The van der Waals surface area contributed by atoms with Gasteiger partial charge in [-0.3, -0.25) is 5.32 Å². The first kappa shape index (κ1) is 15.6. The topological polar surface area (TPSA) is 91.3 Å². The van der Waals surface area contributed by atoms with Crippen molar-refractivity contribution < 1.29 is 14.7 Å². The lowest BCUT2D eigenvalue weighted by Gasteiger charge is -2.07. The molecule has 0 aliphatic rings. The molecule has 6 nitrogen and oxygen atoms in total. The number of hydrogen-bond acceptors (Lipinski definition) is 4. The zero-order valence-electron chi connectivity index (χ0n) is 10.6. The smallest absolute Gasteiger partial charge is 0.340 e. The van der Waals surface area contributed by atoms with Crippen LogP contribution in [0.25, 0.3) is 0 Å². The van der Waals surface area contributed by atoms with E-state index in [1.807, 2.05) is 0 Å². The highest BCUT2D eigenvalue weighted by Gasteiger charge is 2.19. The Hall–Kier alpha value is -1.83. The van der Waals surface area contributed by atoms with Gasteiger partial charge in [-0.15, -0.1) is 0 Å². The van der Waals surface area contributed by atoms with E-state index in [-0.39, 0.29) is 10.6 Å². The number of benzene rings is 1. The highest BCUT2D eigenvalue weighted by atomic mass is 35.5. The molecule has 0 saturated carbocycles. The van der Waals surface area contributed by atoms with Gasteiger partial charge >= 0.3 is 12.0 Å². The minimum atomic E-state index is -1.15. The number of urea groups is 1. The number of carbonyl (C=O) groups excluding carboxylic acids is 1. The highest BCUT2D eigenvalue weighted by Crippen LogP contribution is 2.25. The normalized spacial score (nSPS) is 10.2. The maximum absolute atomic E-state index is 11.9. The molecule has 2 amide bonds. The number of carboxylic acids is 1. The van der Waals surface area contributed by atoms with Crippen LogP contribution in [-0.4, -0.2) is 21.5 Å². The summed E-state index contributed by atoms with van der Waals surface area (Å²) in [5.74, 6) is -1.15. The second-order valence-corrected chi connectivity index (χ2v) is 5.66. The second kappa shape index (κ2) is 6.30. The number of nitrogens with zero attached hydrogens (tertiary/aromatic N) is 1. The van der Waals surface area contributed by atoms with Crippen LogP contribution in [0.1, 0.15) is 16.1 Å². The lowest BCUT2D eigenvalue weighted by molar-refractivity contribution is 0.0697. The van der Waals surface area contributed by atoms with E-state index in [4.69, 9.17) is 28.3 Å². The molecular formula is C12H9Cl2N3O3S. The van der Waals surface area contributed by atoms with Gasteiger partial charge in [0.15, 0.2) is 0 Å². The Balaban J connectivity index is 2.14. The number of rotatable bonds is 3. The predicted molar refractivity (Wildman–Crippen MR) is 82.9 cm³/mol. The van der Waals surface area contributed by atoms with Gasteiger partial charge in [-0.1, -0.05) is 23.2 Å². The van der Waals surface area contributed by atoms with E-state index in [2.05, 4.69) is 15.0 Å². The van der Waals surface area contributed by atoms with Crippen molar-refractivity contribution in [3.05, 3.63) is 39.5 Å². The van der Waals surface area contributed by atoms with E-state index < -0.39 is 12.0 Å². The van der Waals surface area contributed by atoms with Crippen molar-refractivity contribution in [2.24, 2.45) is 0 Å². The standard InChI is InChI=1S/C12H9Cl2N3O3S/c1-5-9(11(18)19)10(21-17-5)16-12(20)15-8-3-6(13)2-7(14)4-8/h2-4H,1H3,(H,18,19)(H2,15,16,20). The van der Waals surface area contributed by atoms with Crippen LogP contribution >= 0.6 is 34.7 Å². The molecule has 9 heteroatoms. The van der Waals surface area contributed by atoms with Crippen molar-refractivity contribution in [3.8, 4) is 0 Å². The monoisotopic (exact) mass is 345 g/mol. The molecule has 0 unspecified atom stereocenters. The average Bonchev–Trinajstić information content (AvgIpc) is 2.68. The summed E-state index contributed by atoms with van der Waals surface area (Å²) in [6.07, 6.45) is 0. The molecule has 0 atom stereocenters. The maximum atomic E-state index is 11.9. The molecule has 0 fully saturated rings. The number of amides is 2. The van der Waals surface area contributed by atoms with Crippen LogP contribution < -0.4 is 10.6 Å². The van der Waals surface area contributed by atoms with Crippen LogP contribution in [0.4, 0.5) is 15.5 Å². The molecule has 2 aromatic rings. The molecule has 1 aromatic carbocycles. The van der Waals surface area contributed by atoms with E-state index in [0.29, 0.717) is 21.4 Å². The Morgan fingerprint density at radius 3 is 2.38 bits per heavy atom. The molecule has 0 aliphatic carbocycles. The fourth-order valence-electron chi connectivity index (χ4n) is 1.60. The van der Waals surface area contributed by atoms with Crippen molar-refractivity contribution in [1.82, 2.24) is 4.37 Å². The van der Waals surface area contributed by atoms with Gasteiger partial charge < -0.3 is 10.4 Å². The van der Waals surface area contributed by atoms with E-state index in [0.717, 1.165) is 11.5 Å². The number of aromatic nitrogens is 1. The largest absolute Gasteiger partial charge is 0.478 e. The molecule has 110 valence electrons. The lowest BCUT2D eigenvalue weighted by Crippen LogP contribution is -2.20. The van der Waals surface area contributed by atoms with Crippen molar-refractivity contribution >= 4 is 57.4 Å². The third-order valence-corrected chi connectivity index (χ3v) is 3.71. The van der Waals surface area contributed by atoms with Crippen LogP contribution in [-0.2, 0) is 0 Å².